The van der Waals surface area contributed by atoms with Crippen LogP contribution >= 0.6 is 0 Å². The van der Waals surface area contributed by atoms with Gasteiger partial charge in [0.1, 0.15) is 12.4 Å². The summed E-state index contributed by atoms with van der Waals surface area (Å²) in [5, 5.41) is 7.63. The lowest BCUT2D eigenvalue weighted by molar-refractivity contribution is -0.123. The largest absolute Gasteiger partial charge is 0.352 e. The molecule has 3 N–H and O–H groups in total. The predicted octanol–water partition coefficient (Wildman–Crippen LogP) is 2.64. The summed E-state index contributed by atoms with van der Waals surface area (Å²) in [4.78, 5) is 20.7. The number of carbonyl (C=O) groups is 1. The Morgan fingerprint density at radius 3 is 2.64 bits per heavy atom. The molecular formula is C21H24N6O. The third kappa shape index (κ3) is 4.09. The van der Waals surface area contributed by atoms with Crippen LogP contribution in [0.5, 0.6) is 0 Å². The average Bonchev–Trinajstić information content (AvgIpc) is 3.25. The van der Waals surface area contributed by atoms with Crippen LogP contribution in [-0.2, 0) is 4.79 Å². The van der Waals surface area contributed by atoms with E-state index in [9.17, 15) is 4.79 Å². The topological polar surface area (TPSA) is 98.7 Å². The fourth-order valence-electron chi connectivity index (χ4n) is 3.72. The lowest BCUT2D eigenvalue weighted by Gasteiger charge is -2.30. The van der Waals surface area contributed by atoms with Gasteiger partial charge >= 0.3 is 0 Å². The van der Waals surface area contributed by atoms with Crippen molar-refractivity contribution in [3.8, 4) is 11.3 Å². The summed E-state index contributed by atoms with van der Waals surface area (Å²) in [7, 11) is 0. The first-order valence-electron chi connectivity index (χ1n) is 9.62. The molecule has 1 saturated carbocycles. The molecule has 7 nitrogen and oxygen atoms in total. The first-order valence-corrected chi connectivity index (χ1v) is 9.62. The zero-order valence-corrected chi connectivity index (χ0v) is 15.6. The molecule has 0 saturated heterocycles. The standard InChI is InChI=1S/C21H24N6O/c22-20(15-4-2-1-3-5-15)21(28)26-17-6-8-18(9-7-17)27-13-16(12-25-27)19-10-11-23-14-24-19/h1-5,10-14,17-18,20H,6-9,22H2,(H,26,28)/t17?,18?,20-/m0/s1. The van der Waals surface area contributed by atoms with Crippen LogP contribution in [0.2, 0.25) is 0 Å². The summed E-state index contributed by atoms with van der Waals surface area (Å²) >= 11 is 0. The van der Waals surface area contributed by atoms with Gasteiger partial charge in [-0.25, -0.2) is 9.97 Å². The van der Waals surface area contributed by atoms with Crippen LogP contribution < -0.4 is 11.1 Å². The van der Waals surface area contributed by atoms with Gasteiger partial charge in [-0.1, -0.05) is 30.3 Å². The van der Waals surface area contributed by atoms with Crippen LogP contribution in [0.15, 0.2) is 61.3 Å². The Morgan fingerprint density at radius 2 is 1.93 bits per heavy atom. The molecule has 1 aliphatic rings. The van der Waals surface area contributed by atoms with E-state index in [1.54, 1.807) is 12.5 Å². The molecule has 4 rings (SSSR count). The van der Waals surface area contributed by atoms with Crippen molar-refractivity contribution < 1.29 is 4.79 Å². The maximum atomic E-state index is 12.5. The first kappa shape index (κ1) is 18.3. The Bertz CT molecular complexity index is 903. The summed E-state index contributed by atoms with van der Waals surface area (Å²) in [5.74, 6) is -0.111. The highest BCUT2D eigenvalue weighted by Gasteiger charge is 2.26. The van der Waals surface area contributed by atoms with Crippen LogP contribution in [0.4, 0.5) is 0 Å². The minimum atomic E-state index is -0.625. The molecule has 1 aliphatic carbocycles. The van der Waals surface area contributed by atoms with Gasteiger partial charge in [-0.2, -0.15) is 5.10 Å². The third-order valence-corrected chi connectivity index (χ3v) is 5.34. The number of nitrogens with one attached hydrogen (secondary N) is 1. The van der Waals surface area contributed by atoms with Gasteiger partial charge < -0.3 is 11.1 Å². The molecule has 0 bridgehead atoms. The van der Waals surface area contributed by atoms with E-state index in [0.29, 0.717) is 6.04 Å². The van der Waals surface area contributed by atoms with E-state index in [1.165, 1.54) is 0 Å². The zero-order chi connectivity index (χ0) is 19.3. The fourth-order valence-corrected chi connectivity index (χ4v) is 3.72. The second kappa shape index (κ2) is 8.31. The van der Waals surface area contributed by atoms with E-state index in [2.05, 4.69) is 20.4 Å². The van der Waals surface area contributed by atoms with Crippen molar-refractivity contribution in [1.82, 2.24) is 25.1 Å². The van der Waals surface area contributed by atoms with E-state index < -0.39 is 6.04 Å². The first-order chi connectivity index (χ1) is 13.7. The van der Waals surface area contributed by atoms with E-state index in [4.69, 9.17) is 5.73 Å². The van der Waals surface area contributed by atoms with Crippen molar-refractivity contribution in [3.05, 3.63) is 66.9 Å². The van der Waals surface area contributed by atoms with Crippen molar-refractivity contribution in [2.45, 2.75) is 43.8 Å². The van der Waals surface area contributed by atoms with Gasteiger partial charge in [0.25, 0.3) is 0 Å². The summed E-state index contributed by atoms with van der Waals surface area (Å²) in [6.07, 6.45) is 10.9. The van der Waals surface area contributed by atoms with Crippen LogP contribution in [0.1, 0.15) is 43.3 Å². The molecule has 28 heavy (non-hydrogen) atoms. The van der Waals surface area contributed by atoms with Crippen molar-refractivity contribution in [1.29, 1.82) is 0 Å². The molecular weight excluding hydrogens is 352 g/mol. The quantitative estimate of drug-likeness (QED) is 0.713. The van der Waals surface area contributed by atoms with Crippen LogP contribution in [0.3, 0.4) is 0 Å². The Kier molecular flexibility index (Phi) is 5.43. The molecule has 2 heterocycles. The predicted molar refractivity (Wildman–Crippen MR) is 106 cm³/mol. The lowest BCUT2D eigenvalue weighted by Crippen LogP contribution is -2.42. The molecule has 0 aliphatic heterocycles. The van der Waals surface area contributed by atoms with Gasteiger partial charge in [-0.3, -0.25) is 9.48 Å². The molecule has 1 amide bonds. The Labute approximate surface area is 164 Å². The highest BCUT2D eigenvalue weighted by molar-refractivity contribution is 5.83. The second-order valence-electron chi connectivity index (χ2n) is 7.21. The minimum absolute atomic E-state index is 0.111. The monoisotopic (exact) mass is 376 g/mol. The van der Waals surface area contributed by atoms with Gasteiger partial charge in [0, 0.05) is 24.0 Å². The molecule has 144 valence electrons. The molecule has 3 aromatic rings. The number of nitrogens with zero attached hydrogens (tertiary/aromatic N) is 4. The molecule has 1 aromatic carbocycles. The van der Waals surface area contributed by atoms with Gasteiger partial charge in [0.15, 0.2) is 0 Å². The van der Waals surface area contributed by atoms with E-state index in [-0.39, 0.29) is 11.9 Å². The zero-order valence-electron chi connectivity index (χ0n) is 15.6. The molecule has 2 aromatic heterocycles. The van der Waals surface area contributed by atoms with E-state index in [1.807, 2.05) is 53.5 Å². The molecule has 0 radical (unpaired) electrons. The van der Waals surface area contributed by atoms with Crippen molar-refractivity contribution in [3.63, 3.8) is 0 Å². The third-order valence-electron chi connectivity index (χ3n) is 5.34. The summed E-state index contributed by atoms with van der Waals surface area (Å²) in [6, 6.07) is 11.2. The van der Waals surface area contributed by atoms with Crippen molar-refractivity contribution in [2.24, 2.45) is 5.73 Å². The smallest absolute Gasteiger partial charge is 0.241 e. The van der Waals surface area contributed by atoms with Gasteiger partial charge in [-0.15, -0.1) is 0 Å². The number of amides is 1. The summed E-state index contributed by atoms with van der Waals surface area (Å²) in [6.45, 7) is 0. The molecule has 7 heteroatoms. The number of carbonyl (C=O) groups excluding carboxylic acids is 1. The maximum Gasteiger partial charge on any atom is 0.241 e. The SMILES string of the molecule is N[C@H](C(=O)NC1CCC(n2cc(-c3ccncn3)cn2)CC1)c1ccccc1. The number of hydrogen-bond donors (Lipinski definition) is 2. The number of benzene rings is 1. The molecule has 0 spiro atoms. The summed E-state index contributed by atoms with van der Waals surface area (Å²) in [5.41, 5.74) is 8.80. The van der Waals surface area contributed by atoms with Crippen molar-refractivity contribution >= 4 is 5.91 Å². The second-order valence-corrected chi connectivity index (χ2v) is 7.21. The highest BCUT2D eigenvalue weighted by Crippen LogP contribution is 2.29. The Morgan fingerprint density at radius 1 is 1.14 bits per heavy atom. The van der Waals surface area contributed by atoms with Gasteiger partial charge in [0.2, 0.25) is 5.91 Å². The Balaban J connectivity index is 1.31. The number of aromatic nitrogens is 4. The number of rotatable bonds is 5. The molecule has 0 unspecified atom stereocenters. The average molecular weight is 376 g/mol. The van der Waals surface area contributed by atoms with Crippen molar-refractivity contribution in [2.75, 3.05) is 0 Å². The van der Waals surface area contributed by atoms with Crippen LogP contribution in [0.25, 0.3) is 11.3 Å². The fraction of sp³-hybridized carbons (Fsp3) is 0.333. The normalized spacial score (nSPS) is 20.5. The Hall–Kier alpha value is -3.06. The van der Waals surface area contributed by atoms with Gasteiger partial charge in [0.05, 0.1) is 17.9 Å². The maximum absolute atomic E-state index is 12.5. The number of hydrogen-bond acceptors (Lipinski definition) is 5. The van der Waals surface area contributed by atoms with Crippen LogP contribution in [-0.4, -0.2) is 31.7 Å². The van der Waals surface area contributed by atoms with Gasteiger partial charge in [-0.05, 0) is 37.3 Å². The van der Waals surface area contributed by atoms with Crippen LogP contribution in [0, 0.1) is 0 Å². The van der Waals surface area contributed by atoms with E-state index >= 15 is 0 Å². The van der Waals surface area contributed by atoms with E-state index in [0.717, 1.165) is 42.5 Å². The molecule has 1 atom stereocenters. The minimum Gasteiger partial charge on any atom is -0.352 e. The highest BCUT2D eigenvalue weighted by atomic mass is 16.2. The summed E-state index contributed by atoms with van der Waals surface area (Å²) < 4.78 is 2.02. The molecule has 1 fully saturated rings. The number of nitrogens with two attached hydrogens (primary N) is 1. The lowest BCUT2D eigenvalue weighted by atomic mass is 9.91.